The third kappa shape index (κ3) is 7.36. The normalized spacial score (nSPS) is 19.0. The third-order valence-electron chi connectivity index (χ3n) is 9.08. The van der Waals surface area contributed by atoms with E-state index in [4.69, 9.17) is 31.8 Å². The molecule has 5 heterocycles. The van der Waals surface area contributed by atoms with E-state index in [1.165, 1.54) is 23.1 Å². The Bertz CT molecular complexity index is 1970. The highest BCUT2D eigenvalue weighted by Crippen LogP contribution is 2.42. The third-order valence-corrected chi connectivity index (χ3v) is 9.29. The van der Waals surface area contributed by atoms with E-state index in [-0.39, 0.29) is 48.4 Å². The van der Waals surface area contributed by atoms with E-state index in [1.54, 1.807) is 29.1 Å². The van der Waals surface area contributed by atoms with Gasteiger partial charge in [0, 0.05) is 43.9 Å². The van der Waals surface area contributed by atoms with Gasteiger partial charge in [0.1, 0.15) is 11.6 Å². The molecule has 0 spiro atoms. The summed E-state index contributed by atoms with van der Waals surface area (Å²) in [6.07, 6.45) is -4.26. The van der Waals surface area contributed by atoms with E-state index >= 15 is 0 Å². The van der Waals surface area contributed by atoms with Gasteiger partial charge in [-0.25, -0.2) is 14.1 Å². The summed E-state index contributed by atoms with van der Waals surface area (Å²) in [7, 11) is 1.46. The van der Waals surface area contributed by atoms with Crippen LogP contribution in [-0.2, 0) is 22.5 Å². The highest BCUT2D eigenvalue weighted by molar-refractivity contribution is 6.30. The number of aliphatic hydroxyl groups is 1. The lowest BCUT2D eigenvalue weighted by Gasteiger charge is -2.38. The number of hydrogen-bond acceptors (Lipinski definition) is 9. The SMILES string of the molecule is CO[C@@H]1CN(CC(O)C(F)(F)F)CC[C@@H]1n1ncc2c(-c3ccc4c(c3)OCC(=O)N4Cc3ncc(Cl)cc3F)c(C(N)=O)c(CC(C)C)nc21. The number of amides is 2. The Morgan fingerprint density at radius 1 is 1.22 bits per heavy atom. The first-order chi connectivity index (χ1) is 24.2. The summed E-state index contributed by atoms with van der Waals surface area (Å²) in [5.41, 5.74) is 8.39. The number of carbonyl (C=O) groups is 2. The number of rotatable bonds is 10. The fourth-order valence-corrected chi connectivity index (χ4v) is 6.83. The molecule has 12 nitrogen and oxygen atoms in total. The number of benzene rings is 1. The Balaban J connectivity index is 1.42. The van der Waals surface area contributed by atoms with Crippen molar-refractivity contribution in [2.24, 2.45) is 11.7 Å². The largest absolute Gasteiger partial charge is 0.482 e. The van der Waals surface area contributed by atoms with Crippen LogP contribution >= 0.6 is 11.6 Å². The van der Waals surface area contributed by atoms with E-state index in [2.05, 4.69) is 10.1 Å². The molecular weight excluding hydrogens is 698 g/mol. The minimum absolute atomic E-state index is 0.0130. The standard InChI is InChI=1S/C34H36ClF4N7O5/c1-17(2)8-22-31(32(40)49)30(18-4-5-24-26(9-18)51-16-29(48)45(24)13-23-21(36)10-19(35)11-41-23)20-12-42-46(33(20)43-22)25-6-7-44(14-27(25)50-3)15-28(47)34(37,38)39/h4-5,9-12,17,25,27-28,47H,6-8,13-16H2,1-3H3,(H2,40,49)/t25-,27+,28?/m0/s1. The van der Waals surface area contributed by atoms with Crippen molar-refractivity contribution < 1.29 is 41.7 Å². The monoisotopic (exact) mass is 733 g/mol. The second-order valence-electron chi connectivity index (χ2n) is 13.1. The molecule has 3 aromatic heterocycles. The molecule has 6 rings (SSSR count). The Morgan fingerprint density at radius 2 is 1.98 bits per heavy atom. The molecule has 1 fully saturated rings. The summed E-state index contributed by atoms with van der Waals surface area (Å²) < 4.78 is 67.1. The summed E-state index contributed by atoms with van der Waals surface area (Å²) in [6.45, 7) is 3.18. The maximum Gasteiger partial charge on any atom is 0.415 e. The van der Waals surface area contributed by atoms with Crippen LogP contribution in [0.2, 0.25) is 5.02 Å². The number of aliphatic hydroxyl groups excluding tert-OH is 1. The van der Waals surface area contributed by atoms with E-state index in [0.717, 1.165) is 6.07 Å². The number of likely N-dealkylation sites (tertiary alicyclic amines) is 1. The Labute approximate surface area is 295 Å². The number of nitrogens with zero attached hydrogens (tertiary/aromatic N) is 6. The molecule has 4 aromatic rings. The van der Waals surface area contributed by atoms with Gasteiger partial charge in [0.05, 0.1) is 52.5 Å². The fraction of sp³-hybridized carbons (Fsp3) is 0.441. The van der Waals surface area contributed by atoms with E-state index < -0.39 is 48.6 Å². The number of primary amides is 1. The van der Waals surface area contributed by atoms with Crippen LogP contribution in [0.5, 0.6) is 5.75 Å². The molecule has 2 amide bonds. The zero-order valence-corrected chi connectivity index (χ0v) is 28.7. The van der Waals surface area contributed by atoms with Gasteiger partial charge in [-0.15, -0.1) is 0 Å². The molecule has 3 N–H and O–H groups in total. The molecule has 1 aromatic carbocycles. The van der Waals surface area contributed by atoms with Gasteiger partial charge in [-0.3, -0.25) is 24.4 Å². The molecule has 2 aliphatic heterocycles. The average molecular weight is 734 g/mol. The number of hydrogen-bond donors (Lipinski definition) is 2. The lowest BCUT2D eigenvalue weighted by atomic mass is 9.92. The number of carbonyl (C=O) groups excluding carboxylic acids is 2. The zero-order chi connectivity index (χ0) is 36.8. The topological polar surface area (TPSA) is 149 Å². The van der Waals surface area contributed by atoms with E-state index in [1.807, 2.05) is 13.8 Å². The average Bonchev–Trinajstić information content (AvgIpc) is 3.48. The Hall–Kier alpha value is -4.38. The molecule has 272 valence electrons. The molecule has 2 aliphatic rings. The molecule has 17 heteroatoms. The van der Waals surface area contributed by atoms with Crippen LogP contribution in [0, 0.1) is 11.7 Å². The van der Waals surface area contributed by atoms with Crippen molar-refractivity contribution in [3.05, 3.63) is 64.5 Å². The maximum atomic E-state index is 14.7. The highest BCUT2D eigenvalue weighted by atomic mass is 35.5. The fourth-order valence-electron chi connectivity index (χ4n) is 6.68. The van der Waals surface area contributed by atoms with Gasteiger partial charge in [-0.05, 0) is 42.5 Å². The quantitative estimate of drug-likeness (QED) is 0.222. The van der Waals surface area contributed by atoms with E-state index in [9.17, 15) is 32.3 Å². The van der Waals surface area contributed by atoms with Gasteiger partial charge in [0.25, 0.3) is 11.8 Å². The predicted octanol–water partition coefficient (Wildman–Crippen LogP) is 4.69. The number of aromatic nitrogens is 4. The molecule has 1 unspecified atom stereocenters. The van der Waals surface area contributed by atoms with Gasteiger partial charge in [-0.2, -0.15) is 18.3 Å². The van der Waals surface area contributed by atoms with Gasteiger partial charge >= 0.3 is 6.18 Å². The lowest BCUT2D eigenvalue weighted by molar-refractivity contribution is -0.210. The molecule has 0 saturated carbocycles. The van der Waals surface area contributed by atoms with E-state index in [0.29, 0.717) is 52.1 Å². The van der Waals surface area contributed by atoms with Crippen LogP contribution in [0.15, 0.2) is 36.7 Å². The zero-order valence-electron chi connectivity index (χ0n) is 28.0. The number of fused-ring (bicyclic) bond motifs is 2. The van der Waals surface area contributed by atoms with Crippen molar-refractivity contribution in [1.82, 2.24) is 24.6 Å². The minimum atomic E-state index is -4.75. The van der Waals surface area contributed by atoms with Crippen molar-refractivity contribution >= 4 is 40.1 Å². The molecule has 1 saturated heterocycles. The Morgan fingerprint density at radius 3 is 2.65 bits per heavy atom. The van der Waals surface area contributed by atoms with Gasteiger partial charge in [0.15, 0.2) is 18.4 Å². The highest BCUT2D eigenvalue weighted by Gasteiger charge is 2.41. The number of anilines is 1. The molecular formula is C34H36ClF4N7O5. The number of β-amino-alcohol motifs (C(OH)–C–C–N with tert-alkyl or cyclic N) is 1. The first-order valence-corrected chi connectivity index (χ1v) is 16.6. The first kappa shape index (κ1) is 36.4. The number of alkyl halides is 3. The second-order valence-corrected chi connectivity index (χ2v) is 13.5. The van der Waals surface area contributed by atoms with Crippen LogP contribution < -0.4 is 15.4 Å². The second kappa shape index (κ2) is 14.3. The van der Waals surface area contributed by atoms with Crippen LogP contribution in [0.4, 0.5) is 23.2 Å². The summed E-state index contributed by atoms with van der Waals surface area (Å²) in [5.74, 6) is -1.43. The van der Waals surface area contributed by atoms with Crippen LogP contribution in [-0.4, -0.2) is 93.3 Å². The summed E-state index contributed by atoms with van der Waals surface area (Å²) in [6, 6.07) is 5.67. The lowest BCUT2D eigenvalue weighted by Crippen LogP contribution is -2.50. The number of piperidine rings is 1. The number of pyridine rings is 2. The predicted molar refractivity (Wildman–Crippen MR) is 179 cm³/mol. The summed E-state index contributed by atoms with van der Waals surface area (Å²) in [4.78, 5) is 37.9. The van der Waals surface area contributed by atoms with Crippen LogP contribution in [0.3, 0.4) is 0 Å². The van der Waals surface area contributed by atoms with Crippen LogP contribution in [0.1, 0.15) is 48.1 Å². The molecule has 0 aliphatic carbocycles. The summed E-state index contributed by atoms with van der Waals surface area (Å²) in [5, 5.41) is 14.9. The number of halogens is 5. The Kier molecular flexibility index (Phi) is 10.2. The van der Waals surface area contributed by atoms with Crippen molar-refractivity contribution in [3.8, 4) is 16.9 Å². The molecule has 0 radical (unpaired) electrons. The van der Waals surface area contributed by atoms with Crippen molar-refractivity contribution in [2.45, 2.75) is 57.7 Å². The summed E-state index contributed by atoms with van der Waals surface area (Å²) >= 11 is 5.86. The number of nitrogens with two attached hydrogens (primary N) is 1. The van der Waals surface area contributed by atoms with Gasteiger partial charge < -0.3 is 20.3 Å². The van der Waals surface area contributed by atoms with Crippen LogP contribution in [0.25, 0.3) is 22.2 Å². The maximum absolute atomic E-state index is 14.7. The first-order valence-electron chi connectivity index (χ1n) is 16.2. The van der Waals surface area contributed by atoms with Crippen molar-refractivity contribution in [1.29, 1.82) is 0 Å². The smallest absolute Gasteiger partial charge is 0.415 e. The molecule has 3 atom stereocenters. The van der Waals surface area contributed by atoms with Crippen molar-refractivity contribution in [2.75, 3.05) is 38.3 Å². The molecule has 0 bridgehead atoms. The molecule has 51 heavy (non-hydrogen) atoms. The van der Waals surface area contributed by atoms with Gasteiger partial charge in [-0.1, -0.05) is 31.5 Å². The van der Waals surface area contributed by atoms with Gasteiger partial charge in [0.2, 0.25) is 0 Å². The minimum Gasteiger partial charge on any atom is -0.482 e. The van der Waals surface area contributed by atoms with Crippen molar-refractivity contribution in [3.63, 3.8) is 0 Å². The number of ether oxygens (including phenoxy) is 2. The number of methoxy groups -OCH3 is 1.